The Hall–Kier alpha value is -1.73. The minimum Gasteiger partial charge on any atom is -0.353 e. The van der Waals surface area contributed by atoms with E-state index in [9.17, 15) is 9.59 Å². The summed E-state index contributed by atoms with van der Waals surface area (Å²) in [4.78, 5) is 40.5. The van der Waals surface area contributed by atoms with E-state index in [1.54, 1.807) is 17.3 Å². The van der Waals surface area contributed by atoms with E-state index in [-0.39, 0.29) is 23.7 Å². The Morgan fingerprint density at radius 2 is 1.60 bits per heavy atom. The van der Waals surface area contributed by atoms with Gasteiger partial charge in [-0.15, -0.1) is 0 Å². The highest BCUT2D eigenvalue weighted by molar-refractivity contribution is 6.29. The molecule has 1 aromatic heterocycles. The minimum absolute atomic E-state index is 0.127. The highest BCUT2D eigenvalue weighted by Crippen LogP contribution is 2.54. The normalized spacial score (nSPS) is 31.5. The van der Waals surface area contributed by atoms with E-state index in [1.807, 2.05) is 0 Å². The zero-order valence-corrected chi connectivity index (χ0v) is 18.1. The van der Waals surface area contributed by atoms with Gasteiger partial charge in [-0.3, -0.25) is 24.4 Å². The van der Waals surface area contributed by atoms with Gasteiger partial charge in [-0.2, -0.15) is 0 Å². The van der Waals surface area contributed by atoms with Crippen LogP contribution in [0.3, 0.4) is 0 Å². The van der Waals surface area contributed by atoms with E-state index in [1.165, 1.54) is 6.42 Å². The van der Waals surface area contributed by atoms with Crippen LogP contribution in [0.5, 0.6) is 0 Å². The smallest absolute Gasteiger partial charge is 0.232 e. The van der Waals surface area contributed by atoms with Gasteiger partial charge >= 0.3 is 0 Å². The van der Waals surface area contributed by atoms with Crippen molar-refractivity contribution in [2.75, 3.05) is 44.2 Å². The van der Waals surface area contributed by atoms with Crippen molar-refractivity contribution in [2.45, 2.75) is 38.5 Å². The van der Waals surface area contributed by atoms with Crippen LogP contribution in [0, 0.1) is 23.7 Å². The van der Waals surface area contributed by atoms with Crippen LogP contribution < -0.4 is 4.90 Å². The molecule has 2 aliphatic carbocycles. The largest absolute Gasteiger partial charge is 0.353 e. The Morgan fingerprint density at radius 3 is 2.27 bits per heavy atom. The Bertz CT molecular complexity index is 784. The highest BCUT2D eigenvalue weighted by Gasteiger charge is 2.56. The molecule has 4 unspecified atom stereocenters. The quantitative estimate of drug-likeness (QED) is 0.509. The number of fused-ring (bicyclic) bond motifs is 5. The standard InChI is InChI=1S/C22H30ClN5O2/c23-19-13-24-14-20(25-19)27-10-8-26(9-11-27)6-1-2-7-28-21(29)17-12-18(22(28)30)16-5-3-4-15(16)17/h13-18H,1-12H2. The molecule has 2 saturated carbocycles. The number of hydrogen-bond donors (Lipinski definition) is 0. The number of carbonyl (C=O) groups is 2. The Kier molecular flexibility index (Phi) is 5.67. The van der Waals surface area contributed by atoms with E-state index in [4.69, 9.17) is 11.6 Å². The molecule has 3 heterocycles. The third kappa shape index (κ3) is 3.71. The summed E-state index contributed by atoms with van der Waals surface area (Å²) in [5, 5.41) is 0.425. The Balaban J connectivity index is 1.06. The predicted octanol–water partition coefficient (Wildman–Crippen LogP) is 2.45. The molecule has 0 radical (unpaired) electrons. The van der Waals surface area contributed by atoms with Crippen molar-refractivity contribution < 1.29 is 9.59 Å². The molecule has 2 aliphatic heterocycles. The average Bonchev–Trinajstić information content (AvgIpc) is 3.34. The summed E-state index contributed by atoms with van der Waals surface area (Å²) in [5.41, 5.74) is 0. The van der Waals surface area contributed by atoms with Crippen molar-refractivity contribution in [3.63, 3.8) is 0 Å². The van der Waals surface area contributed by atoms with Gasteiger partial charge < -0.3 is 4.90 Å². The summed E-state index contributed by atoms with van der Waals surface area (Å²) in [6.07, 6.45) is 9.52. The fourth-order valence-corrected chi connectivity index (χ4v) is 6.37. The minimum atomic E-state index is 0.127. The first kappa shape index (κ1) is 20.2. The number of carbonyl (C=O) groups excluding carboxylic acids is 2. The topological polar surface area (TPSA) is 69.6 Å². The lowest BCUT2D eigenvalue weighted by molar-refractivity contribution is -0.153. The van der Waals surface area contributed by atoms with E-state index in [2.05, 4.69) is 19.8 Å². The molecular weight excluding hydrogens is 402 g/mol. The van der Waals surface area contributed by atoms with Gasteiger partial charge in [0.05, 0.1) is 12.4 Å². The number of amides is 2. The molecule has 4 aliphatic rings. The summed E-state index contributed by atoms with van der Waals surface area (Å²) < 4.78 is 0. The second kappa shape index (κ2) is 8.42. The molecule has 2 saturated heterocycles. The number of hydrogen-bond acceptors (Lipinski definition) is 6. The second-order valence-electron chi connectivity index (χ2n) is 9.27. The Morgan fingerprint density at radius 1 is 0.933 bits per heavy atom. The van der Waals surface area contributed by atoms with Gasteiger partial charge in [-0.05, 0) is 50.5 Å². The van der Waals surface area contributed by atoms with Gasteiger partial charge in [0.15, 0.2) is 0 Å². The molecule has 2 amide bonds. The number of piperazine rings is 1. The first-order chi connectivity index (χ1) is 14.6. The number of anilines is 1. The van der Waals surface area contributed by atoms with Gasteiger partial charge in [0.2, 0.25) is 11.8 Å². The van der Waals surface area contributed by atoms with E-state index in [0.717, 1.165) is 70.6 Å². The average molecular weight is 432 g/mol. The molecule has 1 aromatic rings. The number of unbranched alkanes of at least 4 members (excludes halogenated alkanes) is 1. The number of halogens is 1. The highest BCUT2D eigenvalue weighted by atomic mass is 35.5. The lowest BCUT2D eigenvalue weighted by Crippen LogP contribution is -2.48. The molecule has 0 N–H and O–H groups in total. The predicted molar refractivity (Wildman–Crippen MR) is 114 cm³/mol. The maximum absolute atomic E-state index is 12.9. The van der Waals surface area contributed by atoms with E-state index in [0.29, 0.717) is 23.5 Å². The molecule has 4 atom stereocenters. The van der Waals surface area contributed by atoms with E-state index >= 15 is 0 Å². The van der Waals surface area contributed by atoms with Gasteiger partial charge in [-0.1, -0.05) is 18.0 Å². The number of aromatic nitrogens is 2. The number of piperidine rings is 1. The number of imide groups is 1. The summed E-state index contributed by atoms with van der Waals surface area (Å²) in [5.74, 6) is 2.31. The molecule has 8 heteroatoms. The Labute approximate surface area is 182 Å². The van der Waals surface area contributed by atoms with Crippen molar-refractivity contribution in [2.24, 2.45) is 23.7 Å². The van der Waals surface area contributed by atoms with Crippen LogP contribution in [0.15, 0.2) is 12.4 Å². The number of rotatable bonds is 6. The van der Waals surface area contributed by atoms with Crippen molar-refractivity contribution in [1.29, 1.82) is 0 Å². The molecule has 2 bridgehead atoms. The number of likely N-dealkylation sites (tertiary alicyclic amines) is 1. The molecule has 4 fully saturated rings. The molecule has 162 valence electrons. The maximum Gasteiger partial charge on any atom is 0.232 e. The van der Waals surface area contributed by atoms with Gasteiger partial charge in [0.1, 0.15) is 11.0 Å². The van der Waals surface area contributed by atoms with Crippen LogP contribution in [0.25, 0.3) is 0 Å². The maximum atomic E-state index is 12.9. The van der Waals surface area contributed by atoms with Crippen molar-refractivity contribution in [3.05, 3.63) is 17.5 Å². The lowest BCUT2D eigenvalue weighted by Gasteiger charge is -2.35. The summed E-state index contributed by atoms with van der Waals surface area (Å²) in [7, 11) is 0. The molecule has 0 aromatic carbocycles. The van der Waals surface area contributed by atoms with Gasteiger partial charge in [-0.25, -0.2) is 4.98 Å². The van der Waals surface area contributed by atoms with Crippen molar-refractivity contribution in [1.82, 2.24) is 19.8 Å². The lowest BCUT2D eigenvalue weighted by atomic mass is 9.91. The third-order valence-corrected chi connectivity index (χ3v) is 7.91. The van der Waals surface area contributed by atoms with Crippen molar-refractivity contribution >= 4 is 29.2 Å². The molecule has 7 nitrogen and oxygen atoms in total. The van der Waals surface area contributed by atoms with Crippen molar-refractivity contribution in [3.8, 4) is 0 Å². The second-order valence-corrected chi connectivity index (χ2v) is 9.66. The summed E-state index contributed by atoms with van der Waals surface area (Å²) in [6, 6.07) is 0. The summed E-state index contributed by atoms with van der Waals surface area (Å²) in [6.45, 7) is 5.37. The van der Waals surface area contributed by atoms with Crippen LogP contribution in [-0.4, -0.2) is 70.9 Å². The van der Waals surface area contributed by atoms with Crippen LogP contribution in [0.2, 0.25) is 5.15 Å². The van der Waals surface area contributed by atoms with E-state index < -0.39 is 0 Å². The van der Waals surface area contributed by atoms with Gasteiger partial charge in [0, 0.05) is 44.6 Å². The first-order valence-corrected chi connectivity index (χ1v) is 11.8. The first-order valence-electron chi connectivity index (χ1n) is 11.4. The molecular formula is C22H30ClN5O2. The zero-order valence-electron chi connectivity index (χ0n) is 17.4. The molecule has 5 rings (SSSR count). The monoisotopic (exact) mass is 431 g/mol. The van der Waals surface area contributed by atoms with Crippen LogP contribution in [-0.2, 0) is 9.59 Å². The van der Waals surface area contributed by atoms with Crippen LogP contribution in [0.1, 0.15) is 38.5 Å². The third-order valence-electron chi connectivity index (χ3n) is 7.73. The fourth-order valence-electron chi connectivity index (χ4n) is 6.23. The molecule has 0 spiro atoms. The number of nitrogens with zero attached hydrogens (tertiary/aromatic N) is 5. The summed E-state index contributed by atoms with van der Waals surface area (Å²) >= 11 is 5.95. The fraction of sp³-hybridized carbons (Fsp3) is 0.727. The SMILES string of the molecule is O=C1C2CC(C(=O)N1CCCCN1CCN(c3cncc(Cl)n3)CC1)C1CCCC21. The zero-order chi connectivity index (χ0) is 20.7. The van der Waals surface area contributed by atoms with Crippen LogP contribution in [0.4, 0.5) is 5.82 Å². The van der Waals surface area contributed by atoms with Gasteiger partial charge in [0.25, 0.3) is 0 Å². The molecule has 30 heavy (non-hydrogen) atoms. The van der Waals surface area contributed by atoms with Crippen LogP contribution >= 0.6 is 11.6 Å².